The summed E-state index contributed by atoms with van der Waals surface area (Å²) in [6.07, 6.45) is 32.6. The molecule has 226 valence electrons. The van der Waals surface area contributed by atoms with Crippen molar-refractivity contribution in [2.24, 2.45) is 10.8 Å². The van der Waals surface area contributed by atoms with Crippen molar-refractivity contribution in [3.8, 4) is 0 Å². The van der Waals surface area contributed by atoms with Crippen molar-refractivity contribution in [1.29, 1.82) is 0 Å². The lowest BCUT2D eigenvalue weighted by Gasteiger charge is -2.35. The fourth-order valence-corrected chi connectivity index (χ4v) is 5.45. The molecule has 0 amide bonds. The van der Waals surface area contributed by atoms with Crippen LogP contribution in [0.5, 0.6) is 0 Å². The third kappa shape index (κ3) is 10.9. The lowest BCUT2D eigenvalue weighted by molar-refractivity contribution is -0.116. The predicted molar refractivity (Wildman–Crippen MR) is 183 cm³/mol. The summed E-state index contributed by atoms with van der Waals surface area (Å²) in [5.41, 5.74) is 9.24. The summed E-state index contributed by atoms with van der Waals surface area (Å²) in [6.45, 7) is 21.4. The molecule has 2 aliphatic carbocycles. The van der Waals surface area contributed by atoms with Crippen LogP contribution in [0.25, 0.3) is 0 Å². The Morgan fingerprint density at radius 3 is 1.62 bits per heavy atom. The van der Waals surface area contributed by atoms with Crippen molar-refractivity contribution in [3.05, 3.63) is 130 Å². The molecular weight excluding hydrogens is 512 g/mol. The third-order valence-electron chi connectivity index (χ3n) is 8.52. The number of carbonyl (C=O) groups excluding carboxylic acids is 1. The summed E-state index contributed by atoms with van der Waals surface area (Å²) in [6, 6.07) is 0. The lowest BCUT2D eigenvalue weighted by Crippen LogP contribution is -2.27. The first-order valence-corrected chi connectivity index (χ1v) is 15.4. The quantitative estimate of drug-likeness (QED) is 0.267. The van der Waals surface area contributed by atoms with Gasteiger partial charge in [0.05, 0.1) is 6.10 Å². The van der Waals surface area contributed by atoms with Crippen molar-refractivity contribution in [2.45, 2.75) is 101 Å². The molecule has 2 heteroatoms. The van der Waals surface area contributed by atoms with Crippen LogP contribution in [0.1, 0.15) is 94.9 Å². The molecule has 0 radical (unpaired) electrons. The highest BCUT2D eigenvalue weighted by Crippen LogP contribution is 2.41. The molecule has 1 atom stereocenters. The Balaban J connectivity index is 1.92. The van der Waals surface area contributed by atoms with E-state index in [-0.39, 0.29) is 22.7 Å². The topological polar surface area (TPSA) is 37.3 Å². The van der Waals surface area contributed by atoms with Crippen molar-refractivity contribution >= 4 is 5.78 Å². The smallest absolute Gasteiger partial charge is 0.158 e. The van der Waals surface area contributed by atoms with Crippen LogP contribution >= 0.6 is 0 Å². The zero-order chi connectivity index (χ0) is 31.5. The van der Waals surface area contributed by atoms with Gasteiger partial charge in [0.1, 0.15) is 0 Å². The van der Waals surface area contributed by atoms with Gasteiger partial charge in [-0.25, -0.2) is 0 Å². The van der Waals surface area contributed by atoms with Crippen molar-refractivity contribution in [2.75, 3.05) is 0 Å². The largest absolute Gasteiger partial charge is 0.389 e. The van der Waals surface area contributed by atoms with Crippen molar-refractivity contribution < 1.29 is 9.90 Å². The van der Waals surface area contributed by atoms with Crippen LogP contribution in [-0.2, 0) is 4.79 Å². The Morgan fingerprint density at radius 2 is 1.10 bits per heavy atom. The van der Waals surface area contributed by atoms with E-state index in [9.17, 15) is 9.90 Å². The Labute approximate surface area is 256 Å². The SMILES string of the molecule is CC1=C(/C=C/C(C)=C/C=C/C(C)=C/C=C/C=C(C)/C=C/C=C(C)/C=C/C2=C(C)[C@H](O)CCC2(C)C)C(C)(C)CCC1=O. The number of hydrogen-bond acceptors (Lipinski definition) is 2. The fourth-order valence-electron chi connectivity index (χ4n) is 5.45. The maximum atomic E-state index is 12.2. The Hall–Kier alpha value is -3.23. The van der Waals surface area contributed by atoms with E-state index in [2.05, 4.69) is 147 Å². The van der Waals surface area contributed by atoms with Gasteiger partial charge in [0, 0.05) is 6.42 Å². The maximum Gasteiger partial charge on any atom is 0.158 e. The first-order valence-electron chi connectivity index (χ1n) is 15.4. The van der Waals surface area contributed by atoms with E-state index >= 15 is 0 Å². The minimum Gasteiger partial charge on any atom is -0.389 e. The highest BCUT2D eigenvalue weighted by Gasteiger charge is 2.31. The van der Waals surface area contributed by atoms with Gasteiger partial charge in [0.25, 0.3) is 0 Å². The molecule has 0 unspecified atom stereocenters. The van der Waals surface area contributed by atoms with Crippen LogP contribution in [-0.4, -0.2) is 17.0 Å². The minimum atomic E-state index is -0.318. The molecule has 2 rings (SSSR count). The van der Waals surface area contributed by atoms with E-state index in [1.54, 1.807) is 0 Å². The van der Waals surface area contributed by atoms with Gasteiger partial charge >= 0.3 is 0 Å². The average molecular weight is 567 g/mol. The summed E-state index contributed by atoms with van der Waals surface area (Å²) in [7, 11) is 0. The van der Waals surface area contributed by atoms with Gasteiger partial charge < -0.3 is 5.11 Å². The Kier molecular flexibility index (Phi) is 13.2. The normalized spacial score (nSPS) is 23.3. The molecule has 0 bridgehead atoms. The van der Waals surface area contributed by atoms with E-state index < -0.39 is 0 Å². The van der Waals surface area contributed by atoms with Gasteiger partial charge in [0.15, 0.2) is 5.78 Å². The number of Topliss-reactive ketones (excluding diaryl/α,β-unsaturated/α-hetero) is 1. The molecule has 2 nitrogen and oxygen atoms in total. The Morgan fingerprint density at radius 1 is 0.667 bits per heavy atom. The highest BCUT2D eigenvalue weighted by atomic mass is 16.3. The first-order chi connectivity index (χ1) is 19.6. The molecule has 0 fully saturated rings. The zero-order valence-electron chi connectivity index (χ0n) is 27.8. The van der Waals surface area contributed by atoms with E-state index in [0.717, 1.165) is 41.6 Å². The summed E-state index contributed by atoms with van der Waals surface area (Å²) >= 11 is 0. The van der Waals surface area contributed by atoms with Gasteiger partial charge in [-0.1, -0.05) is 135 Å². The monoisotopic (exact) mass is 566 g/mol. The number of rotatable bonds is 10. The second kappa shape index (κ2) is 15.8. The number of allylic oxidation sites excluding steroid dienone is 21. The third-order valence-corrected chi connectivity index (χ3v) is 8.52. The van der Waals surface area contributed by atoms with E-state index in [1.807, 2.05) is 6.92 Å². The summed E-state index contributed by atoms with van der Waals surface area (Å²) < 4.78 is 0. The molecule has 2 aliphatic rings. The molecule has 42 heavy (non-hydrogen) atoms. The van der Waals surface area contributed by atoms with Gasteiger partial charge in [-0.3, -0.25) is 4.79 Å². The molecule has 0 aromatic carbocycles. The number of aliphatic hydroxyl groups excluding tert-OH is 1. The van der Waals surface area contributed by atoms with Crippen LogP contribution in [0.15, 0.2) is 130 Å². The van der Waals surface area contributed by atoms with Gasteiger partial charge in [-0.05, 0) is 93.9 Å². The first kappa shape index (κ1) is 35.0. The molecule has 0 saturated heterocycles. The highest BCUT2D eigenvalue weighted by molar-refractivity contribution is 5.97. The van der Waals surface area contributed by atoms with Gasteiger partial charge in [-0.15, -0.1) is 0 Å². The lowest BCUT2D eigenvalue weighted by atomic mass is 9.71. The second-order valence-corrected chi connectivity index (χ2v) is 13.3. The zero-order valence-corrected chi connectivity index (χ0v) is 27.8. The fraction of sp³-hybridized carbons (Fsp3) is 0.425. The van der Waals surface area contributed by atoms with Crippen molar-refractivity contribution in [3.63, 3.8) is 0 Å². The molecule has 0 aromatic rings. The molecule has 0 aliphatic heterocycles. The molecule has 0 saturated carbocycles. The van der Waals surface area contributed by atoms with Gasteiger partial charge in [-0.2, -0.15) is 0 Å². The number of ketones is 1. The molecule has 0 spiro atoms. The van der Waals surface area contributed by atoms with Crippen LogP contribution in [0.2, 0.25) is 0 Å². The maximum absolute atomic E-state index is 12.2. The molecule has 0 aromatic heterocycles. The number of aliphatic hydroxyl groups is 1. The summed E-state index contributed by atoms with van der Waals surface area (Å²) in [4.78, 5) is 12.2. The standard InChI is InChI=1S/C40H54O2/c1-29(17-13-19-31(3)21-23-35-33(5)37(41)25-27-39(35,7)8)15-11-12-16-30(2)18-14-20-32(4)22-24-36-34(6)38(42)26-28-40(36,9)10/h11-24,37,41H,25-28H2,1-10H3/b12-11+,17-13+,18-14+,23-21+,24-22+,29-15+,30-16+,31-19+,32-20+/t37-/m1/s1. The van der Waals surface area contributed by atoms with E-state index in [4.69, 9.17) is 0 Å². The molecular formula is C40H54O2. The van der Waals surface area contributed by atoms with Crippen LogP contribution in [0.3, 0.4) is 0 Å². The van der Waals surface area contributed by atoms with E-state index in [1.165, 1.54) is 22.3 Å². The molecule has 1 N–H and O–H groups in total. The molecule has 0 heterocycles. The number of hydrogen-bond donors (Lipinski definition) is 1. The van der Waals surface area contributed by atoms with Gasteiger partial charge in [0.2, 0.25) is 0 Å². The second-order valence-electron chi connectivity index (χ2n) is 13.3. The summed E-state index contributed by atoms with van der Waals surface area (Å²) in [5, 5.41) is 10.3. The Bertz CT molecular complexity index is 1330. The predicted octanol–water partition coefficient (Wildman–Crippen LogP) is 10.8. The average Bonchev–Trinajstić information content (AvgIpc) is 2.91. The van der Waals surface area contributed by atoms with Crippen molar-refractivity contribution in [1.82, 2.24) is 0 Å². The van der Waals surface area contributed by atoms with Crippen LogP contribution in [0.4, 0.5) is 0 Å². The minimum absolute atomic E-state index is 0.0428. The van der Waals surface area contributed by atoms with Crippen LogP contribution in [0, 0.1) is 10.8 Å². The van der Waals surface area contributed by atoms with Crippen LogP contribution < -0.4 is 0 Å². The summed E-state index contributed by atoms with van der Waals surface area (Å²) in [5.74, 6) is 0.273. The van der Waals surface area contributed by atoms with E-state index in [0.29, 0.717) is 6.42 Å². The number of carbonyl (C=O) groups is 1.